The second-order valence-electron chi connectivity index (χ2n) is 6.24. The number of rotatable bonds is 6. The Balaban J connectivity index is 1.68. The lowest BCUT2D eigenvalue weighted by molar-refractivity contribution is -0.117. The summed E-state index contributed by atoms with van der Waals surface area (Å²) in [5.41, 5.74) is 1.27. The van der Waals surface area contributed by atoms with Crippen LogP contribution in [0.2, 0.25) is 0 Å². The quantitative estimate of drug-likeness (QED) is 0.657. The zero-order chi connectivity index (χ0) is 20.1. The molecule has 1 amide bonds. The van der Waals surface area contributed by atoms with Gasteiger partial charge in [0.25, 0.3) is 0 Å². The van der Waals surface area contributed by atoms with Crippen molar-refractivity contribution in [3.05, 3.63) is 59.9 Å². The fourth-order valence-corrected chi connectivity index (χ4v) is 2.39. The zero-order valence-corrected chi connectivity index (χ0v) is 15.3. The minimum absolute atomic E-state index is 0.196. The number of benzene rings is 2. The van der Waals surface area contributed by atoms with Crippen molar-refractivity contribution in [3.63, 3.8) is 0 Å². The van der Waals surface area contributed by atoms with Crippen molar-refractivity contribution >= 4 is 17.6 Å². The van der Waals surface area contributed by atoms with E-state index >= 15 is 0 Å². The zero-order valence-electron chi connectivity index (χ0n) is 15.3. The van der Waals surface area contributed by atoms with Crippen LogP contribution in [0.15, 0.2) is 48.5 Å². The summed E-state index contributed by atoms with van der Waals surface area (Å²) in [6, 6.07) is 12.2. The van der Waals surface area contributed by atoms with Gasteiger partial charge >= 0.3 is 5.97 Å². The van der Waals surface area contributed by atoms with Crippen LogP contribution >= 0.6 is 0 Å². The number of amides is 1. The predicted octanol–water partition coefficient (Wildman–Crippen LogP) is 2.68. The average molecular weight is 383 g/mol. The van der Waals surface area contributed by atoms with E-state index < -0.39 is 17.7 Å². The smallest absolute Gasteiger partial charge is 0.338 e. The van der Waals surface area contributed by atoms with E-state index in [1.807, 2.05) is 0 Å². The molecule has 0 spiro atoms. The van der Waals surface area contributed by atoms with Gasteiger partial charge in [0.15, 0.2) is 0 Å². The maximum Gasteiger partial charge on any atom is 0.338 e. The van der Waals surface area contributed by atoms with Crippen molar-refractivity contribution in [3.8, 4) is 11.4 Å². The molecule has 3 aromatic rings. The standard InChI is InChI=1S/C19H18FN5O3/c1-12(2)28-19(27)14-6-3-5-13(9-14)18-22-24-25(23-18)11-17(26)21-16-8-4-7-15(20)10-16/h3-10,12H,11H2,1-2H3,(H,21,26). The van der Waals surface area contributed by atoms with E-state index in [1.165, 1.54) is 18.2 Å². The topological polar surface area (TPSA) is 99.0 Å². The number of carbonyl (C=O) groups excluding carboxylic acids is 2. The first-order valence-corrected chi connectivity index (χ1v) is 8.55. The SMILES string of the molecule is CC(C)OC(=O)c1cccc(-c2nnn(CC(=O)Nc3cccc(F)c3)n2)c1. The monoisotopic (exact) mass is 383 g/mol. The molecular formula is C19H18FN5O3. The second-order valence-corrected chi connectivity index (χ2v) is 6.24. The lowest BCUT2D eigenvalue weighted by atomic mass is 10.1. The van der Waals surface area contributed by atoms with Crippen LogP contribution in [-0.2, 0) is 16.1 Å². The minimum atomic E-state index is -0.449. The molecule has 0 saturated carbocycles. The van der Waals surface area contributed by atoms with E-state index in [9.17, 15) is 14.0 Å². The molecule has 2 aromatic carbocycles. The van der Waals surface area contributed by atoms with Gasteiger partial charge in [-0.15, -0.1) is 10.2 Å². The molecule has 1 aromatic heterocycles. The molecule has 1 heterocycles. The number of ether oxygens (including phenoxy) is 1. The number of tetrazole rings is 1. The maximum atomic E-state index is 13.2. The molecule has 0 unspecified atom stereocenters. The highest BCUT2D eigenvalue weighted by Crippen LogP contribution is 2.16. The number of esters is 1. The van der Waals surface area contributed by atoms with E-state index in [2.05, 4.69) is 20.7 Å². The Hall–Kier alpha value is -3.62. The number of nitrogens with one attached hydrogen (secondary N) is 1. The van der Waals surface area contributed by atoms with Crippen molar-refractivity contribution in [1.29, 1.82) is 0 Å². The Bertz CT molecular complexity index is 1000. The molecule has 28 heavy (non-hydrogen) atoms. The van der Waals surface area contributed by atoms with E-state index in [1.54, 1.807) is 44.2 Å². The third-order valence-corrected chi connectivity index (χ3v) is 3.55. The maximum absolute atomic E-state index is 13.2. The van der Waals surface area contributed by atoms with Crippen molar-refractivity contribution in [2.24, 2.45) is 0 Å². The summed E-state index contributed by atoms with van der Waals surface area (Å²) in [5.74, 6) is -1.06. The molecule has 9 heteroatoms. The van der Waals surface area contributed by atoms with Gasteiger partial charge in [0.2, 0.25) is 11.7 Å². The van der Waals surface area contributed by atoms with Crippen LogP contribution in [0.5, 0.6) is 0 Å². The molecule has 8 nitrogen and oxygen atoms in total. The first-order chi connectivity index (χ1) is 13.4. The summed E-state index contributed by atoms with van der Waals surface area (Å²) in [4.78, 5) is 25.2. The average Bonchev–Trinajstić information content (AvgIpc) is 3.09. The van der Waals surface area contributed by atoms with Gasteiger partial charge in [-0.05, 0) is 49.4 Å². The first kappa shape index (κ1) is 19.2. The molecule has 0 aliphatic rings. The van der Waals surface area contributed by atoms with E-state index in [-0.39, 0.29) is 18.5 Å². The molecule has 0 bridgehead atoms. The Kier molecular flexibility index (Phi) is 5.73. The van der Waals surface area contributed by atoms with Crippen LogP contribution in [0, 0.1) is 5.82 Å². The fraction of sp³-hybridized carbons (Fsp3) is 0.211. The van der Waals surface area contributed by atoms with Gasteiger partial charge in [0.1, 0.15) is 12.4 Å². The largest absolute Gasteiger partial charge is 0.459 e. The Morgan fingerprint density at radius 1 is 1.18 bits per heavy atom. The molecule has 1 N–H and O–H groups in total. The van der Waals surface area contributed by atoms with Gasteiger partial charge in [-0.3, -0.25) is 4.79 Å². The number of hydrogen-bond acceptors (Lipinski definition) is 6. The van der Waals surface area contributed by atoms with Crippen molar-refractivity contribution in [2.75, 3.05) is 5.32 Å². The predicted molar refractivity (Wildman–Crippen MR) is 98.8 cm³/mol. The summed E-state index contributed by atoms with van der Waals surface area (Å²) in [6.45, 7) is 3.34. The molecule has 0 aliphatic carbocycles. The minimum Gasteiger partial charge on any atom is -0.459 e. The van der Waals surface area contributed by atoms with E-state index in [4.69, 9.17) is 4.74 Å². The van der Waals surface area contributed by atoms with Crippen molar-refractivity contribution in [1.82, 2.24) is 20.2 Å². The summed E-state index contributed by atoms with van der Waals surface area (Å²) in [7, 11) is 0. The molecule has 144 valence electrons. The molecule has 0 radical (unpaired) electrons. The fourth-order valence-electron chi connectivity index (χ4n) is 2.39. The van der Waals surface area contributed by atoms with Crippen LogP contribution < -0.4 is 5.32 Å². The summed E-state index contributed by atoms with van der Waals surface area (Å²) >= 11 is 0. The van der Waals surface area contributed by atoms with Crippen molar-refractivity contribution in [2.45, 2.75) is 26.5 Å². The third-order valence-electron chi connectivity index (χ3n) is 3.55. The summed E-state index contributed by atoms with van der Waals surface area (Å²) in [6.07, 6.45) is -0.230. The Morgan fingerprint density at radius 2 is 1.96 bits per heavy atom. The Morgan fingerprint density at radius 3 is 2.71 bits per heavy atom. The number of halogens is 1. The van der Waals surface area contributed by atoms with Gasteiger partial charge in [0, 0.05) is 11.3 Å². The van der Waals surface area contributed by atoms with E-state index in [0.717, 1.165) is 4.80 Å². The van der Waals surface area contributed by atoms with Crippen LogP contribution in [-0.4, -0.2) is 38.2 Å². The van der Waals surface area contributed by atoms with Crippen LogP contribution in [0.4, 0.5) is 10.1 Å². The van der Waals surface area contributed by atoms with Gasteiger partial charge in [-0.2, -0.15) is 4.80 Å². The first-order valence-electron chi connectivity index (χ1n) is 8.55. The van der Waals surface area contributed by atoms with Gasteiger partial charge < -0.3 is 10.1 Å². The number of anilines is 1. The van der Waals surface area contributed by atoms with Crippen LogP contribution in [0.1, 0.15) is 24.2 Å². The molecular weight excluding hydrogens is 365 g/mol. The molecule has 0 fully saturated rings. The number of aromatic nitrogens is 4. The molecule has 0 saturated heterocycles. The van der Waals surface area contributed by atoms with Gasteiger partial charge in [-0.25, -0.2) is 9.18 Å². The van der Waals surface area contributed by atoms with Crippen LogP contribution in [0.25, 0.3) is 11.4 Å². The van der Waals surface area contributed by atoms with Gasteiger partial charge in [0.05, 0.1) is 11.7 Å². The molecule has 0 atom stereocenters. The van der Waals surface area contributed by atoms with Crippen LogP contribution in [0.3, 0.4) is 0 Å². The van der Waals surface area contributed by atoms with E-state index in [0.29, 0.717) is 16.8 Å². The highest BCUT2D eigenvalue weighted by atomic mass is 19.1. The summed E-state index contributed by atoms with van der Waals surface area (Å²) < 4.78 is 18.3. The number of carbonyl (C=O) groups is 2. The normalized spacial score (nSPS) is 10.7. The number of nitrogens with zero attached hydrogens (tertiary/aromatic N) is 4. The number of hydrogen-bond donors (Lipinski definition) is 1. The summed E-state index contributed by atoms with van der Waals surface area (Å²) in [5, 5.41) is 14.5. The lowest BCUT2D eigenvalue weighted by Gasteiger charge is -2.08. The highest BCUT2D eigenvalue weighted by molar-refractivity contribution is 5.91. The highest BCUT2D eigenvalue weighted by Gasteiger charge is 2.14. The van der Waals surface area contributed by atoms with Gasteiger partial charge in [-0.1, -0.05) is 18.2 Å². The third kappa shape index (κ3) is 4.97. The lowest BCUT2D eigenvalue weighted by Crippen LogP contribution is -2.20. The molecule has 0 aliphatic heterocycles. The Labute approximate surface area is 160 Å². The second kappa shape index (κ2) is 8.38. The van der Waals surface area contributed by atoms with Crippen molar-refractivity contribution < 1.29 is 18.7 Å². The molecule has 3 rings (SSSR count).